The van der Waals surface area contributed by atoms with Crippen LogP contribution in [0.3, 0.4) is 0 Å². The van der Waals surface area contributed by atoms with Gasteiger partial charge in [0, 0.05) is 19.5 Å². The van der Waals surface area contributed by atoms with E-state index in [-0.39, 0.29) is 17.2 Å². The summed E-state index contributed by atoms with van der Waals surface area (Å²) in [6, 6.07) is 17.9. The van der Waals surface area contributed by atoms with Crippen LogP contribution in [-0.2, 0) is 24.4 Å². The summed E-state index contributed by atoms with van der Waals surface area (Å²) in [5.41, 5.74) is 4.63. The van der Waals surface area contributed by atoms with Crippen LogP contribution in [0.15, 0.2) is 69.6 Å². The number of amides is 1. The first-order valence-corrected chi connectivity index (χ1v) is 12.9. The molecule has 2 aromatic carbocycles. The van der Waals surface area contributed by atoms with Gasteiger partial charge in [-0.25, -0.2) is 4.79 Å². The highest BCUT2D eigenvalue weighted by molar-refractivity contribution is 7.17. The third-order valence-electron chi connectivity index (χ3n) is 6.32. The maximum Gasteiger partial charge on any atom is 0.331 e. The lowest BCUT2D eigenvalue weighted by Crippen LogP contribution is -2.39. The van der Waals surface area contributed by atoms with Gasteiger partial charge in [-0.15, -0.1) is 11.3 Å². The summed E-state index contributed by atoms with van der Waals surface area (Å²) >= 11 is 1.37. The van der Waals surface area contributed by atoms with Crippen molar-refractivity contribution in [2.24, 2.45) is 0 Å². The van der Waals surface area contributed by atoms with E-state index in [2.05, 4.69) is 5.32 Å². The van der Waals surface area contributed by atoms with Crippen molar-refractivity contribution in [2.75, 3.05) is 0 Å². The summed E-state index contributed by atoms with van der Waals surface area (Å²) in [5, 5.41) is 4.81. The van der Waals surface area contributed by atoms with E-state index in [1.54, 1.807) is 4.57 Å². The first-order valence-electron chi connectivity index (χ1n) is 12.0. The SMILES string of the molecule is Cc1ccc(CNC(=O)CCCCCn2c(=O)c3sccc3n(Cc3ccccc3C)c2=O)cc1. The maximum absolute atomic E-state index is 13.3. The number of aromatic nitrogens is 2. The molecule has 2 aromatic heterocycles. The number of nitrogens with one attached hydrogen (secondary N) is 1. The van der Waals surface area contributed by atoms with Gasteiger partial charge in [0.05, 0.1) is 12.1 Å². The summed E-state index contributed by atoms with van der Waals surface area (Å²) in [7, 11) is 0. The second kappa shape index (κ2) is 11.3. The van der Waals surface area contributed by atoms with Crippen LogP contribution in [0.1, 0.15) is 47.9 Å². The van der Waals surface area contributed by atoms with Crippen molar-refractivity contribution >= 4 is 27.5 Å². The lowest BCUT2D eigenvalue weighted by Gasteiger charge is -2.13. The van der Waals surface area contributed by atoms with Crippen molar-refractivity contribution in [1.29, 1.82) is 0 Å². The smallest absolute Gasteiger partial charge is 0.331 e. The number of unbranched alkanes of at least 4 members (excludes halogenated alkanes) is 2. The minimum absolute atomic E-state index is 0.0170. The van der Waals surface area contributed by atoms with Crippen LogP contribution >= 0.6 is 11.3 Å². The molecule has 0 spiro atoms. The van der Waals surface area contributed by atoms with Crippen LogP contribution in [-0.4, -0.2) is 15.0 Å². The number of nitrogens with zero attached hydrogens (tertiary/aromatic N) is 2. The third kappa shape index (κ3) is 5.98. The van der Waals surface area contributed by atoms with E-state index in [9.17, 15) is 14.4 Å². The van der Waals surface area contributed by atoms with Gasteiger partial charge in [0.15, 0.2) is 0 Å². The Bertz CT molecular complexity index is 1430. The molecule has 0 saturated carbocycles. The van der Waals surface area contributed by atoms with Crippen LogP contribution in [0, 0.1) is 13.8 Å². The standard InChI is InChI=1S/C28H31N3O3S/c1-20-11-13-22(14-12-20)18-29-25(32)10-4-3-7-16-30-27(33)26-24(15-17-35-26)31(28(30)34)19-23-9-6-5-8-21(23)2/h5-6,8-9,11-15,17H,3-4,7,10,16,18-19H2,1-2H3,(H,29,32). The van der Waals surface area contributed by atoms with Gasteiger partial charge in [-0.3, -0.25) is 18.7 Å². The predicted molar refractivity (Wildman–Crippen MR) is 142 cm³/mol. The van der Waals surface area contributed by atoms with Gasteiger partial charge in [0.25, 0.3) is 5.56 Å². The van der Waals surface area contributed by atoms with Crippen molar-refractivity contribution in [2.45, 2.75) is 59.2 Å². The Balaban J connectivity index is 1.35. The molecule has 0 unspecified atom stereocenters. The molecule has 182 valence electrons. The number of hydrogen-bond donors (Lipinski definition) is 1. The second-order valence-corrected chi connectivity index (χ2v) is 9.88. The normalized spacial score (nSPS) is 11.1. The average molecular weight is 490 g/mol. The molecule has 35 heavy (non-hydrogen) atoms. The van der Waals surface area contributed by atoms with Gasteiger partial charge in [-0.1, -0.05) is 60.5 Å². The van der Waals surface area contributed by atoms with Crippen molar-refractivity contribution in [1.82, 2.24) is 14.5 Å². The molecule has 4 aromatic rings. The molecule has 0 atom stereocenters. The number of rotatable bonds is 10. The minimum Gasteiger partial charge on any atom is -0.352 e. The fraction of sp³-hybridized carbons (Fsp3) is 0.321. The van der Waals surface area contributed by atoms with Crippen molar-refractivity contribution < 1.29 is 4.79 Å². The topological polar surface area (TPSA) is 73.1 Å². The molecule has 0 aliphatic heterocycles. The largest absolute Gasteiger partial charge is 0.352 e. The van der Waals surface area contributed by atoms with E-state index >= 15 is 0 Å². The van der Waals surface area contributed by atoms with Gasteiger partial charge >= 0.3 is 5.69 Å². The fourth-order valence-electron chi connectivity index (χ4n) is 4.17. The van der Waals surface area contributed by atoms with Gasteiger partial charge in [-0.2, -0.15) is 0 Å². The molecule has 0 bridgehead atoms. The molecular weight excluding hydrogens is 458 g/mol. The summed E-state index contributed by atoms with van der Waals surface area (Å²) in [6.45, 7) is 5.37. The summed E-state index contributed by atoms with van der Waals surface area (Å²) in [6.07, 6.45) is 2.58. The highest BCUT2D eigenvalue weighted by Gasteiger charge is 2.15. The molecule has 1 N–H and O–H groups in total. The molecule has 1 amide bonds. The Hall–Kier alpha value is -3.45. The zero-order chi connectivity index (χ0) is 24.8. The zero-order valence-electron chi connectivity index (χ0n) is 20.3. The van der Waals surface area contributed by atoms with Crippen LogP contribution in [0.4, 0.5) is 0 Å². The van der Waals surface area contributed by atoms with Crippen molar-refractivity contribution in [3.63, 3.8) is 0 Å². The molecule has 0 aliphatic carbocycles. The fourth-order valence-corrected chi connectivity index (χ4v) is 5.01. The molecule has 0 aliphatic rings. The van der Waals surface area contributed by atoms with Gasteiger partial charge in [-0.05, 0) is 54.8 Å². The van der Waals surface area contributed by atoms with Crippen LogP contribution in [0.25, 0.3) is 10.2 Å². The van der Waals surface area contributed by atoms with Crippen LogP contribution in [0.2, 0.25) is 0 Å². The highest BCUT2D eigenvalue weighted by Crippen LogP contribution is 2.18. The number of fused-ring (bicyclic) bond motifs is 1. The monoisotopic (exact) mass is 489 g/mol. The molecule has 6 nitrogen and oxygen atoms in total. The van der Waals surface area contributed by atoms with E-state index in [4.69, 9.17) is 0 Å². The highest BCUT2D eigenvalue weighted by atomic mass is 32.1. The minimum atomic E-state index is -0.278. The van der Waals surface area contributed by atoms with Crippen LogP contribution in [0.5, 0.6) is 0 Å². The Morgan fingerprint density at radius 1 is 0.914 bits per heavy atom. The Morgan fingerprint density at radius 2 is 1.69 bits per heavy atom. The van der Waals surface area contributed by atoms with Gasteiger partial charge < -0.3 is 5.32 Å². The van der Waals surface area contributed by atoms with E-state index in [1.165, 1.54) is 21.5 Å². The van der Waals surface area contributed by atoms with Gasteiger partial charge in [0.1, 0.15) is 4.70 Å². The number of carbonyl (C=O) groups excluding carboxylic acids is 1. The third-order valence-corrected chi connectivity index (χ3v) is 7.21. The molecule has 7 heteroatoms. The number of thiophene rings is 1. The lowest BCUT2D eigenvalue weighted by molar-refractivity contribution is -0.121. The Morgan fingerprint density at radius 3 is 2.46 bits per heavy atom. The zero-order valence-corrected chi connectivity index (χ0v) is 21.1. The molecular formula is C28H31N3O3S. The number of carbonyl (C=O) groups is 1. The van der Waals surface area contributed by atoms with Crippen molar-refractivity contribution in [3.8, 4) is 0 Å². The number of hydrogen-bond acceptors (Lipinski definition) is 4. The number of aryl methyl sites for hydroxylation is 2. The maximum atomic E-state index is 13.3. The average Bonchev–Trinajstić information content (AvgIpc) is 3.34. The van der Waals surface area contributed by atoms with E-state index in [1.807, 2.05) is 73.8 Å². The summed E-state index contributed by atoms with van der Waals surface area (Å²) in [4.78, 5) is 38.5. The van der Waals surface area contributed by atoms with E-state index in [0.29, 0.717) is 49.1 Å². The second-order valence-electron chi connectivity index (χ2n) is 8.96. The predicted octanol–water partition coefficient (Wildman–Crippen LogP) is 4.77. The quantitative estimate of drug-likeness (QED) is 0.326. The van der Waals surface area contributed by atoms with Gasteiger partial charge in [0.2, 0.25) is 5.91 Å². The summed E-state index contributed by atoms with van der Waals surface area (Å²) < 4.78 is 3.66. The molecule has 0 saturated heterocycles. The number of benzene rings is 2. The first kappa shape index (κ1) is 24.7. The molecule has 2 heterocycles. The lowest BCUT2D eigenvalue weighted by atomic mass is 10.1. The molecule has 4 rings (SSSR count). The molecule has 0 fully saturated rings. The Kier molecular flexibility index (Phi) is 7.98. The molecule has 0 radical (unpaired) electrons. The van der Waals surface area contributed by atoms with E-state index in [0.717, 1.165) is 23.1 Å². The first-order chi connectivity index (χ1) is 16.9. The summed E-state index contributed by atoms with van der Waals surface area (Å²) in [5.74, 6) is 0.0170. The van der Waals surface area contributed by atoms with E-state index < -0.39 is 0 Å². The Labute approximate surface area is 208 Å². The van der Waals surface area contributed by atoms with Crippen molar-refractivity contribution in [3.05, 3.63) is 103 Å². The van der Waals surface area contributed by atoms with Crippen LogP contribution < -0.4 is 16.6 Å².